The molecule has 92 valence electrons. The van der Waals surface area contributed by atoms with Gasteiger partial charge < -0.3 is 9.47 Å². The minimum Gasteiger partial charge on any atom is -0.355 e. The second-order valence-corrected chi connectivity index (χ2v) is 4.65. The van der Waals surface area contributed by atoms with E-state index in [1.54, 1.807) is 0 Å². The van der Waals surface area contributed by atoms with Gasteiger partial charge in [0.05, 0.1) is 18.2 Å². The summed E-state index contributed by atoms with van der Waals surface area (Å²) in [5.74, 6) is 1.45. The van der Waals surface area contributed by atoms with Gasteiger partial charge in [0, 0.05) is 18.9 Å². The van der Waals surface area contributed by atoms with E-state index < -0.39 is 0 Å². The van der Waals surface area contributed by atoms with Gasteiger partial charge in [0.15, 0.2) is 0 Å². The fourth-order valence-electron chi connectivity index (χ4n) is 2.13. The molecule has 3 rings (SSSR count). The van der Waals surface area contributed by atoms with Gasteiger partial charge in [-0.2, -0.15) is 0 Å². The maximum Gasteiger partial charge on any atom is 0.135 e. The minimum atomic E-state index is 0.465. The van der Waals surface area contributed by atoms with Crippen molar-refractivity contribution in [3.05, 3.63) is 59.8 Å². The van der Waals surface area contributed by atoms with Crippen LogP contribution < -0.4 is 0 Å². The van der Waals surface area contributed by atoms with Crippen molar-refractivity contribution in [1.82, 2.24) is 14.5 Å². The summed E-state index contributed by atoms with van der Waals surface area (Å²) < 4.78 is 2.13. The maximum atomic E-state index is 5.80. The molecule has 1 aliphatic heterocycles. The number of rotatable bonds is 3. The lowest BCUT2D eigenvalue weighted by molar-refractivity contribution is 0.289. The number of fused-ring (bicyclic) bond motifs is 1. The first-order valence-corrected chi connectivity index (χ1v) is 6.47. The molecule has 0 saturated heterocycles. The largest absolute Gasteiger partial charge is 0.355 e. The van der Waals surface area contributed by atoms with Gasteiger partial charge in [0.25, 0.3) is 0 Å². The third kappa shape index (κ3) is 2.27. The van der Waals surface area contributed by atoms with Gasteiger partial charge in [-0.25, -0.2) is 4.98 Å². The van der Waals surface area contributed by atoms with E-state index in [0.29, 0.717) is 5.88 Å². The lowest BCUT2D eigenvalue weighted by Crippen LogP contribution is -2.23. The van der Waals surface area contributed by atoms with E-state index in [0.717, 1.165) is 24.7 Å². The Labute approximate surface area is 111 Å². The predicted molar refractivity (Wildman–Crippen MR) is 72.8 cm³/mol. The molecule has 1 aliphatic rings. The van der Waals surface area contributed by atoms with Gasteiger partial charge in [0.2, 0.25) is 0 Å². The number of aromatic nitrogens is 2. The molecule has 0 aliphatic carbocycles. The van der Waals surface area contributed by atoms with Crippen molar-refractivity contribution in [2.75, 3.05) is 0 Å². The summed E-state index contributed by atoms with van der Waals surface area (Å²) in [6.45, 7) is 1.73. The molecule has 4 heteroatoms. The van der Waals surface area contributed by atoms with Crippen molar-refractivity contribution in [3.63, 3.8) is 0 Å². The second-order valence-electron chi connectivity index (χ2n) is 4.38. The third-order valence-electron chi connectivity index (χ3n) is 2.99. The SMILES string of the molecule is ClCc1cn2c(n1)C=CN(Cc1ccccc1)C2. The number of hydrogen-bond acceptors (Lipinski definition) is 2. The fraction of sp³-hybridized carbons (Fsp3) is 0.214. The summed E-state index contributed by atoms with van der Waals surface area (Å²) in [5, 5.41) is 0. The van der Waals surface area contributed by atoms with Gasteiger partial charge in [-0.15, -0.1) is 11.6 Å². The molecule has 2 heterocycles. The Hall–Kier alpha value is -1.74. The van der Waals surface area contributed by atoms with E-state index in [9.17, 15) is 0 Å². The quantitative estimate of drug-likeness (QED) is 0.790. The summed E-state index contributed by atoms with van der Waals surface area (Å²) in [7, 11) is 0. The Bertz CT molecular complexity index is 560. The van der Waals surface area contributed by atoms with Crippen LogP contribution in [0, 0.1) is 0 Å². The minimum absolute atomic E-state index is 0.465. The highest BCUT2D eigenvalue weighted by atomic mass is 35.5. The van der Waals surface area contributed by atoms with Gasteiger partial charge in [-0.05, 0) is 11.6 Å². The Morgan fingerprint density at radius 2 is 2.06 bits per heavy atom. The van der Waals surface area contributed by atoms with Gasteiger partial charge in [-0.1, -0.05) is 30.3 Å². The van der Waals surface area contributed by atoms with Crippen LogP contribution in [0.3, 0.4) is 0 Å². The first-order valence-electron chi connectivity index (χ1n) is 5.93. The summed E-state index contributed by atoms with van der Waals surface area (Å²) in [4.78, 5) is 6.68. The maximum absolute atomic E-state index is 5.80. The van der Waals surface area contributed by atoms with E-state index >= 15 is 0 Å². The molecule has 0 fully saturated rings. The fourth-order valence-corrected chi connectivity index (χ4v) is 2.26. The Kier molecular flexibility index (Phi) is 3.07. The zero-order valence-corrected chi connectivity index (χ0v) is 10.7. The first-order chi connectivity index (χ1) is 8.85. The van der Waals surface area contributed by atoms with Crippen LogP contribution in [-0.4, -0.2) is 14.5 Å². The third-order valence-corrected chi connectivity index (χ3v) is 3.26. The molecule has 0 N–H and O–H groups in total. The van der Waals surface area contributed by atoms with Crippen molar-refractivity contribution in [2.24, 2.45) is 0 Å². The van der Waals surface area contributed by atoms with Crippen LogP contribution in [-0.2, 0) is 19.1 Å². The topological polar surface area (TPSA) is 21.1 Å². The molecular weight excluding hydrogens is 246 g/mol. The standard InChI is InChI=1S/C14H14ClN3/c15-8-13-10-18-11-17(7-6-14(18)16-13)9-12-4-2-1-3-5-12/h1-7,10H,8-9,11H2. The van der Waals surface area contributed by atoms with Crippen LogP contribution in [0.2, 0.25) is 0 Å². The van der Waals surface area contributed by atoms with Crippen LogP contribution in [0.25, 0.3) is 6.08 Å². The summed E-state index contributed by atoms with van der Waals surface area (Å²) in [5.41, 5.74) is 2.24. The molecule has 0 unspecified atom stereocenters. The van der Waals surface area contributed by atoms with Crippen molar-refractivity contribution in [2.45, 2.75) is 19.1 Å². The average molecular weight is 260 g/mol. The number of imidazole rings is 1. The molecule has 3 nitrogen and oxygen atoms in total. The molecule has 1 aromatic carbocycles. The molecule has 0 amide bonds. The number of halogens is 1. The molecule has 2 aromatic rings. The monoisotopic (exact) mass is 259 g/mol. The number of hydrogen-bond donors (Lipinski definition) is 0. The lowest BCUT2D eigenvalue weighted by atomic mass is 10.2. The molecule has 0 saturated carbocycles. The van der Waals surface area contributed by atoms with Crippen LogP contribution >= 0.6 is 11.6 Å². The van der Waals surface area contributed by atoms with Crippen LogP contribution in [0.15, 0.2) is 42.7 Å². The van der Waals surface area contributed by atoms with Crippen LogP contribution in [0.4, 0.5) is 0 Å². The normalized spacial score (nSPS) is 13.7. The highest BCUT2D eigenvalue weighted by molar-refractivity contribution is 6.16. The van der Waals surface area contributed by atoms with Crippen molar-refractivity contribution < 1.29 is 0 Å². The Morgan fingerprint density at radius 3 is 2.83 bits per heavy atom. The number of benzene rings is 1. The van der Waals surface area contributed by atoms with Gasteiger partial charge in [0.1, 0.15) is 5.82 Å². The summed E-state index contributed by atoms with van der Waals surface area (Å²) >= 11 is 5.80. The van der Waals surface area contributed by atoms with E-state index in [2.05, 4.69) is 44.9 Å². The molecule has 18 heavy (non-hydrogen) atoms. The molecule has 0 bridgehead atoms. The van der Waals surface area contributed by atoms with Crippen molar-refractivity contribution in [3.8, 4) is 0 Å². The highest BCUT2D eigenvalue weighted by Crippen LogP contribution is 2.16. The number of alkyl halides is 1. The van der Waals surface area contributed by atoms with Crippen LogP contribution in [0.1, 0.15) is 17.1 Å². The summed E-state index contributed by atoms with van der Waals surface area (Å²) in [6.07, 6.45) is 6.14. The Balaban J connectivity index is 1.75. The zero-order valence-electron chi connectivity index (χ0n) is 9.96. The molecule has 1 aromatic heterocycles. The van der Waals surface area contributed by atoms with E-state index in [4.69, 9.17) is 11.6 Å². The highest BCUT2D eigenvalue weighted by Gasteiger charge is 2.12. The van der Waals surface area contributed by atoms with Gasteiger partial charge in [-0.3, -0.25) is 0 Å². The number of nitrogens with zero attached hydrogens (tertiary/aromatic N) is 3. The predicted octanol–water partition coefficient (Wildman–Crippen LogP) is 3.07. The first kappa shape index (κ1) is 11.4. The average Bonchev–Trinajstić information content (AvgIpc) is 2.82. The summed E-state index contributed by atoms with van der Waals surface area (Å²) in [6, 6.07) is 10.5. The van der Waals surface area contributed by atoms with E-state index in [-0.39, 0.29) is 0 Å². The molecule has 0 radical (unpaired) electrons. The van der Waals surface area contributed by atoms with E-state index in [1.807, 2.05) is 18.3 Å². The molecule has 0 spiro atoms. The zero-order chi connectivity index (χ0) is 12.4. The van der Waals surface area contributed by atoms with Gasteiger partial charge >= 0.3 is 0 Å². The van der Waals surface area contributed by atoms with E-state index in [1.165, 1.54) is 5.56 Å². The van der Waals surface area contributed by atoms with Crippen molar-refractivity contribution >= 4 is 17.7 Å². The molecular formula is C14H14ClN3. The molecule has 0 atom stereocenters. The lowest BCUT2D eigenvalue weighted by Gasteiger charge is -2.24. The Morgan fingerprint density at radius 1 is 1.22 bits per heavy atom. The van der Waals surface area contributed by atoms with Crippen molar-refractivity contribution in [1.29, 1.82) is 0 Å². The van der Waals surface area contributed by atoms with Crippen LogP contribution in [0.5, 0.6) is 0 Å². The smallest absolute Gasteiger partial charge is 0.135 e. The second kappa shape index (κ2) is 4.86.